The predicted molar refractivity (Wildman–Crippen MR) is 90.6 cm³/mol. The van der Waals surface area contributed by atoms with E-state index in [-0.39, 0.29) is 42.3 Å². The zero-order valence-corrected chi connectivity index (χ0v) is 15.6. The zero-order valence-electron chi connectivity index (χ0n) is 15.6. The van der Waals surface area contributed by atoms with Gasteiger partial charge < -0.3 is 14.4 Å². The molecule has 0 aromatic rings. The summed E-state index contributed by atoms with van der Waals surface area (Å²) in [4.78, 5) is 37.6. The summed E-state index contributed by atoms with van der Waals surface area (Å²) in [5.41, 5.74) is 0.156. The normalized spacial score (nSPS) is 21.3. The number of esters is 1. The van der Waals surface area contributed by atoms with Crippen molar-refractivity contribution in [1.29, 1.82) is 0 Å². The summed E-state index contributed by atoms with van der Waals surface area (Å²) in [6, 6.07) is -0.0263. The van der Waals surface area contributed by atoms with Crippen LogP contribution in [0.5, 0.6) is 0 Å². The van der Waals surface area contributed by atoms with Crippen molar-refractivity contribution in [2.75, 3.05) is 20.3 Å². The van der Waals surface area contributed by atoms with Crippen molar-refractivity contribution < 1.29 is 23.9 Å². The van der Waals surface area contributed by atoms with Gasteiger partial charge in [0, 0.05) is 18.5 Å². The van der Waals surface area contributed by atoms with Gasteiger partial charge in [-0.2, -0.15) is 0 Å². The maximum atomic E-state index is 12.3. The molecule has 0 aromatic carbocycles. The molecule has 0 saturated carbocycles. The van der Waals surface area contributed by atoms with E-state index in [9.17, 15) is 14.4 Å². The van der Waals surface area contributed by atoms with E-state index in [1.165, 1.54) is 7.11 Å². The Morgan fingerprint density at radius 3 is 2.42 bits per heavy atom. The predicted octanol–water partition coefficient (Wildman–Crippen LogP) is 3.18. The number of carbonyl (C=O) groups excluding carboxylic acids is 3. The summed E-state index contributed by atoms with van der Waals surface area (Å²) in [5, 5.41) is 0. The number of likely N-dealkylation sites (tertiary alicyclic amines) is 1. The number of ether oxygens (including phenoxy) is 2. The second-order valence-electron chi connectivity index (χ2n) is 7.59. The molecule has 2 atom stereocenters. The van der Waals surface area contributed by atoms with Gasteiger partial charge in [-0.1, -0.05) is 20.8 Å². The van der Waals surface area contributed by atoms with Crippen molar-refractivity contribution in [3.8, 4) is 0 Å². The molecule has 1 aliphatic rings. The van der Waals surface area contributed by atoms with Crippen LogP contribution in [0.15, 0.2) is 0 Å². The molecule has 6 heteroatoms. The molecular weight excluding hydrogens is 310 g/mol. The molecule has 0 N–H and O–H groups in total. The second-order valence-corrected chi connectivity index (χ2v) is 7.59. The highest BCUT2D eigenvalue weighted by atomic mass is 16.5. The molecule has 6 nitrogen and oxygen atoms in total. The fourth-order valence-electron chi connectivity index (χ4n) is 3.07. The van der Waals surface area contributed by atoms with Gasteiger partial charge in [0.2, 0.25) is 0 Å². The minimum absolute atomic E-state index is 0.0263. The Morgan fingerprint density at radius 1 is 1.21 bits per heavy atom. The Labute approximate surface area is 144 Å². The van der Waals surface area contributed by atoms with Gasteiger partial charge in [0.25, 0.3) is 0 Å². The van der Waals surface area contributed by atoms with E-state index >= 15 is 0 Å². The number of carbonyl (C=O) groups is 3. The molecule has 0 aliphatic carbocycles. The summed E-state index contributed by atoms with van der Waals surface area (Å²) < 4.78 is 9.73. The number of ketones is 1. The van der Waals surface area contributed by atoms with Crippen LogP contribution in [-0.2, 0) is 19.1 Å². The number of nitrogens with zero attached hydrogens (tertiary/aromatic N) is 1. The van der Waals surface area contributed by atoms with Gasteiger partial charge in [-0.05, 0) is 38.0 Å². The van der Waals surface area contributed by atoms with E-state index in [2.05, 4.69) is 20.8 Å². The fraction of sp³-hybridized carbons (Fsp3) is 0.833. The Kier molecular flexibility index (Phi) is 7.70. The average Bonchev–Trinajstić information content (AvgIpc) is 2.51. The van der Waals surface area contributed by atoms with Crippen LogP contribution in [0, 0.1) is 11.3 Å². The number of Topliss-reactive ketones (excluding diaryl/α,β-unsaturated/α-hetero) is 1. The number of hydrogen-bond donors (Lipinski definition) is 0. The maximum absolute atomic E-state index is 12.3. The quantitative estimate of drug-likeness (QED) is 0.548. The highest BCUT2D eigenvalue weighted by molar-refractivity contribution is 5.96. The minimum Gasteiger partial charge on any atom is -0.466 e. The van der Waals surface area contributed by atoms with Gasteiger partial charge in [0.1, 0.15) is 12.2 Å². The standard InChI is InChI=1S/C18H31NO5/c1-6-24-16(21)12-15(20)13-8-10-19(17(22)23-5)14(11-13)7-9-18(2,3)4/h13-14H,6-12H2,1-5H3/t13-,14-/m1/s1. The topological polar surface area (TPSA) is 72.9 Å². The lowest BCUT2D eigenvalue weighted by Crippen LogP contribution is -2.48. The Bertz CT molecular complexity index is 455. The summed E-state index contributed by atoms with van der Waals surface area (Å²) >= 11 is 0. The van der Waals surface area contributed by atoms with Crippen LogP contribution in [0.4, 0.5) is 4.79 Å². The molecule has 1 saturated heterocycles. The third kappa shape index (κ3) is 6.49. The monoisotopic (exact) mass is 341 g/mol. The summed E-state index contributed by atoms with van der Waals surface area (Å²) in [5.74, 6) is -0.747. The van der Waals surface area contributed by atoms with Crippen molar-refractivity contribution >= 4 is 17.8 Å². The first-order valence-electron chi connectivity index (χ1n) is 8.71. The van der Waals surface area contributed by atoms with E-state index in [1.54, 1.807) is 11.8 Å². The molecule has 0 unspecified atom stereocenters. The molecular formula is C18H31NO5. The van der Waals surface area contributed by atoms with Crippen LogP contribution in [0.1, 0.15) is 59.8 Å². The zero-order chi connectivity index (χ0) is 18.3. The molecule has 0 radical (unpaired) electrons. The molecule has 1 fully saturated rings. The first kappa shape index (κ1) is 20.5. The molecule has 1 heterocycles. The van der Waals surface area contributed by atoms with Gasteiger partial charge in [-0.15, -0.1) is 0 Å². The van der Waals surface area contributed by atoms with E-state index in [4.69, 9.17) is 9.47 Å². The second kappa shape index (κ2) is 9.04. The summed E-state index contributed by atoms with van der Waals surface area (Å²) in [7, 11) is 1.38. The van der Waals surface area contributed by atoms with Gasteiger partial charge >= 0.3 is 12.1 Å². The molecule has 138 valence electrons. The van der Waals surface area contributed by atoms with Crippen molar-refractivity contribution in [1.82, 2.24) is 4.90 Å². The fourth-order valence-corrected chi connectivity index (χ4v) is 3.07. The van der Waals surface area contributed by atoms with Crippen LogP contribution < -0.4 is 0 Å². The van der Waals surface area contributed by atoms with Gasteiger partial charge in [-0.25, -0.2) is 4.79 Å². The highest BCUT2D eigenvalue weighted by Gasteiger charge is 2.36. The molecule has 0 bridgehead atoms. The van der Waals surface area contributed by atoms with Crippen LogP contribution in [-0.4, -0.2) is 49.0 Å². The molecule has 0 aromatic heterocycles. The van der Waals surface area contributed by atoms with Crippen molar-refractivity contribution in [3.05, 3.63) is 0 Å². The lowest BCUT2D eigenvalue weighted by atomic mass is 9.81. The largest absolute Gasteiger partial charge is 0.466 e. The molecule has 1 rings (SSSR count). The Hall–Kier alpha value is -1.59. The minimum atomic E-state index is -0.468. The third-order valence-electron chi connectivity index (χ3n) is 4.43. The number of rotatable bonds is 6. The number of hydrogen-bond acceptors (Lipinski definition) is 5. The Balaban J connectivity index is 2.71. The van der Waals surface area contributed by atoms with Crippen molar-refractivity contribution in [2.24, 2.45) is 11.3 Å². The molecule has 1 aliphatic heterocycles. The van der Waals surface area contributed by atoms with Crippen LogP contribution >= 0.6 is 0 Å². The maximum Gasteiger partial charge on any atom is 0.409 e. The highest BCUT2D eigenvalue weighted by Crippen LogP contribution is 2.31. The summed E-state index contributed by atoms with van der Waals surface area (Å²) in [6.45, 7) is 8.95. The lowest BCUT2D eigenvalue weighted by molar-refractivity contribution is -0.146. The van der Waals surface area contributed by atoms with Crippen LogP contribution in [0.3, 0.4) is 0 Å². The van der Waals surface area contributed by atoms with E-state index in [0.29, 0.717) is 19.4 Å². The van der Waals surface area contributed by atoms with E-state index in [0.717, 1.165) is 12.8 Å². The third-order valence-corrected chi connectivity index (χ3v) is 4.43. The smallest absolute Gasteiger partial charge is 0.409 e. The number of piperidine rings is 1. The first-order valence-corrected chi connectivity index (χ1v) is 8.71. The molecule has 1 amide bonds. The Morgan fingerprint density at radius 2 is 1.88 bits per heavy atom. The molecule has 0 spiro atoms. The van der Waals surface area contributed by atoms with E-state index < -0.39 is 5.97 Å². The van der Waals surface area contributed by atoms with Crippen LogP contribution in [0.25, 0.3) is 0 Å². The van der Waals surface area contributed by atoms with Gasteiger partial charge in [0.15, 0.2) is 0 Å². The number of methoxy groups -OCH3 is 1. The SMILES string of the molecule is CCOC(=O)CC(=O)[C@@H]1CCN(C(=O)OC)[C@H](CCC(C)(C)C)C1. The molecule has 24 heavy (non-hydrogen) atoms. The average molecular weight is 341 g/mol. The van der Waals surface area contributed by atoms with Crippen molar-refractivity contribution in [3.63, 3.8) is 0 Å². The van der Waals surface area contributed by atoms with Gasteiger partial charge in [-0.3, -0.25) is 9.59 Å². The number of amides is 1. The lowest BCUT2D eigenvalue weighted by Gasteiger charge is -2.39. The van der Waals surface area contributed by atoms with Gasteiger partial charge in [0.05, 0.1) is 13.7 Å². The van der Waals surface area contributed by atoms with Crippen LogP contribution in [0.2, 0.25) is 0 Å². The summed E-state index contributed by atoms with van der Waals surface area (Å²) in [6.07, 6.45) is 2.40. The van der Waals surface area contributed by atoms with Crippen molar-refractivity contribution in [2.45, 2.75) is 65.8 Å². The first-order chi connectivity index (χ1) is 11.2. The van der Waals surface area contributed by atoms with E-state index in [1.807, 2.05) is 0 Å².